The van der Waals surface area contributed by atoms with Gasteiger partial charge in [-0.2, -0.15) is 0 Å². The van der Waals surface area contributed by atoms with Crippen molar-refractivity contribution in [3.05, 3.63) is 76.1 Å². The number of carbonyl (C=O) groups is 1. The summed E-state index contributed by atoms with van der Waals surface area (Å²) in [4.78, 5) is 31.0. The molecule has 5 heteroatoms. The molecule has 1 saturated carbocycles. The van der Waals surface area contributed by atoms with Crippen molar-refractivity contribution in [3.63, 3.8) is 0 Å². The summed E-state index contributed by atoms with van der Waals surface area (Å²) >= 11 is 0. The number of methoxy groups -OCH3 is 1. The molecule has 1 amide bonds. The lowest BCUT2D eigenvalue weighted by molar-refractivity contribution is -0.137. The fourth-order valence-electron chi connectivity index (χ4n) is 4.46. The number of pyridine rings is 1. The lowest BCUT2D eigenvalue weighted by atomic mass is 9.88. The maximum Gasteiger partial charge on any atom is 0.253 e. The molecule has 0 spiro atoms. The Morgan fingerprint density at radius 3 is 2.58 bits per heavy atom. The lowest BCUT2D eigenvalue weighted by Crippen LogP contribution is -2.39. The number of carbonyl (C=O) groups excluding carboxylic acids is 1. The van der Waals surface area contributed by atoms with Crippen molar-refractivity contribution < 1.29 is 9.53 Å². The molecule has 1 aromatic heterocycles. The molecule has 0 atom stereocenters. The minimum absolute atomic E-state index is 0.0772. The lowest BCUT2D eigenvalue weighted by Gasteiger charge is -2.29. The van der Waals surface area contributed by atoms with E-state index in [1.807, 2.05) is 47.4 Å². The van der Waals surface area contributed by atoms with Crippen LogP contribution in [0.5, 0.6) is 5.75 Å². The van der Waals surface area contributed by atoms with Gasteiger partial charge in [0.1, 0.15) is 5.75 Å². The number of aromatic nitrogens is 1. The molecule has 1 aliphatic rings. The van der Waals surface area contributed by atoms with Crippen molar-refractivity contribution in [1.29, 1.82) is 0 Å². The summed E-state index contributed by atoms with van der Waals surface area (Å²) in [6.07, 6.45) is 6.12. The molecule has 0 bridgehead atoms. The quantitative estimate of drug-likeness (QED) is 0.606. The highest BCUT2D eigenvalue weighted by molar-refractivity contribution is 5.81. The zero-order valence-electron chi connectivity index (χ0n) is 18.1. The van der Waals surface area contributed by atoms with Crippen LogP contribution < -0.4 is 10.3 Å². The van der Waals surface area contributed by atoms with E-state index in [1.165, 1.54) is 12.0 Å². The maximum absolute atomic E-state index is 13.4. The fraction of sp³-hybridized carbons (Fsp3) is 0.385. The monoisotopic (exact) mass is 418 g/mol. The largest absolute Gasteiger partial charge is 0.497 e. The number of hydrogen-bond donors (Lipinski definition) is 1. The van der Waals surface area contributed by atoms with E-state index in [-0.39, 0.29) is 17.4 Å². The maximum atomic E-state index is 13.4. The van der Waals surface area contributed by atoms with E-state index in [0.717, 1.165) is 43.0 Å². The van der Waals surface area contributed by atoms with Crippen LogP contribution in [0.1, 0.15) is 43.2 Å². The van der Waals surface area contributed by atoms with Crippen LogP contribution in [0.25, 0.3) is 10.9 Å². The topological polar surface area (TPSA) is 62.4 Å². The van der Waals surface area contributed by atoms with E-state index < -0.39 is 0 Å². The number of hydrogen-bond acceptors (Lipinski definition) is 3. The number of benzene rings is 2. The van der Waals surface area contributed by atoms with Crippen LogP contribution in [0.15, 0.2) is 59.4 Å². The average molecular weight is 419 g/mol. The Morgan fingerprint density at radius 1 is 1.06 bits per heavy atom. The number of amides is 1. The van der Waals surface area contributed by atoms with Crippen LogP contribution in [0.2, 0.25) is 0 Å². The Bertz CT molecular complexity index is 1080. The molecule has 1 heterocycles. The zero-order chi connectivity index (χ0) is 21.6. The molecular formula is C26H30N2O3. The Labute approximate surface area is 183 Å². The summed E-state index contributed by atoms with van der Waals surface area (Å²) in [5.41, 5.74) is 2.41. The number of nitrogens with zero attached hydrogens (tertiary/aromatic N) is 1. The smallest absolute Gasteiger partial charge is 0.253 e. The normalized spacial score (nSPS) is 14.5. The first-order chi connectivity index (χ1) is 15.1. The van der Waals surface area contributed by atoms with Gasteiger partial charge in [-0.25, -0.2) is 0 Å². The van der Waals surface area contributed by atoms with Crippen molar-refractivity contribution in [2.45, 2.75) is 45.1 Å². The predicted molar refractivity (Wildman–Crippen MR) is 123 cm³/mol. The molecule has 1 fully saturated rings. The van der Waals surface area contributed by atoms with Gasteiger partial charge < -0.3 is 14.6 Å². The molecule has 162 valence electrons. The fourth-order valence-corrected chi connectivity index (χ4v) is 4.46. The van der Waals surface area contributed by atoms with E-state index in [4.69, 9.17) is 4.74 Å². The van der Waals surface area contributed by atoms with E-state index in [2.05, 4.69) is 17.1 Å². The molecule has 0 unspecified atom stereocenters. The van der Waals surface area contributed by atoms with Gasteiger partial charge in [0.15, 0.2) is 0 Å². The molecule has 1 aliphatic carbocycles. The van der Waals surface area contributed by atoms with Crippen molar-refractivity contribution in [1.82, 2.24) is 9.88 Å². The predicted octanol–water partition coefficient (Wildman–Crippen LogP) is 4.69. The summed E-state index contributed by atoms with van der Waals surface area (Å²) in [6.45, 7) is 0.943. The first kappa shape index (κ1) is 21.2. The third-order valence-corrected chi connectivity index (χ3v) is 6.27. The molecular weight excluding hydrogens is 388 g/mol. The summed E-state index contributed by atoms with van der Waals surface area (Å²) in [5, 5.41) is 0.934. The molecule has 1 N–H and O–H groups in total. The Kier molecular flexibility index (Phi) is 6.70. The molecule has 31 heavy (non-hydrogen) atoms. The number of aromatic amines is 1. The molecule has 2 aromatic carbocycles. The standard InChI is InChI=1S/C26H30N2O3/c1-31-23-13-12-21-16-22(25(29)27-24(21)17-23)18-28(15-14-19-8-4-2-5-9-19)26(30)20-10-6-3-7-11-20/h2,4-5,8-9,12-13,16-17,20H,3,6-7,10-11,14-15,18H2,1H3,(H,27,29). The second-order valence-electron chi connectivity index (χ2n) is 8.41. The van der Waals surface area contributed by atoms with Gasteiger partial charge in [-0.3, -0.25) is 9.59 Å². The van der Waals surface area contributed by atoms with Crippen LogP contribution in [-0.4, -0.2) is 29.4 Å². The summed E-state index contributed by atoms with van der Waals surface area (Å²) in [7, 11) is 1.61. The molecule has 5 nitrogen and oxygen atoms in total. The first-order valence-corrected chi connectivity index (χ1v) is 11.2. The first-order valence-electron chi connectivity index (χ1n) is 11.2. The van der Waals surface area contributed by atoms with Gasteiger partial charge in [0.25, 0.3) is 5.56 Å². The molecule has 3 aromatic rings. The third kappa shape index (κ3) is 5.16. The third-order valence-electron chi connectivity index (χ3n) is 6.27. The Morgan fingerprint density at radius 2 is 1.84 bits per heavy atom. The van der Waals surface area contributed by atoms with Crippen molar-refractivity contribution in [2.75, 3.05) is 13.7 Å². The summed E-state index contributed by atoms with van der Waals surface area (Å²) in [6, 6.07) is 17.7. The molecule has 0 radical (unpaired) electrons. The van der Waals surface area contributed by atoms with Crippen molar-refractivity contribution in [3.8, 4) is 5.75 Å². The van der Waals surface area contributed by atoms with Crippen LogP contribution >= 0.6 is 0 Å². The second kappa shape index (κ2) is 9.82. The number of H-pyrrole nitrogens is 1. The number of ether oxygens (including phenoxy) is 1. The van der Waals surface area contributed by atoms with Crippen LogP contribution in [-0.2, 0) is 17.8 Å². The minimum Gasteiger partial charge on any atom is -0.497 e. The second-order valence-corrected chi connectivity index (χ2v) is 8.41. The highest BCUT2D eigenvalue weighted by Crippen LogP contribution is 2.26. The average Bonchev–Trinajstić information content (AvgIpc) is 2.82. The van der Waals surface area contributed by atoms with Gasteiger partial charge in [0, 0.05) is 24.1 Å². The van der Waals surface area contributed by atoms with Crippen molar-refractivity contribution >= 4 is 16.8 Å². The SMILES string of the molecule is COc1ccc2cc(CN(CCc3ccccc3)C(=O)C3CCCCC3)c(=O)[nH]c2c1. The molecule has 0 saturated heterocycles. The number of rotatable bonds is 7. The number of fused-ring (bicyclic) bond motifs is 1. The van der Waals surface area contributed by atoms with Crippen LogP contribution in [0.4, 0.5) is 0 Å². The van der Waals surface area contributed by atoms with Gasteiger partial charge in [-0.05, 0) is 48.4 Å². The zero-order valence-corrected chi connectivity index (χ0v) is 18.1. The Balaban J connectivity index is 1.58. The van der Waals surface area contributed by atoms with E-state index in [1.54, 1.807) is 7.11 Å². The van der Waals surface area contributed by atoms with Crippen LogP contribution in [0, 0.1) is 5.92 Å². The van der Waals surface area contributed by atoms with Gasteiger partial charge >= 0.3 is 0 Å². The van der Waals surface area contributed by atoms with Gasteiger partial charge in [0.05, 0.1) is 19.2 Å². The molecule has 0 aliphatic heterocycles. The van der Waals surface area contributed by atoms with Crippen LogP contribution in [0.3, 0.4) is 0 Å². The summed E-state index contributed by atoms with van der Waals surface area (Å²) < 4.78 is 5.25. The van der Waals surface area contributed by atoms with Gasteiger partial charge in [0.2, 0.25) is 5.91 Å². The van der Waals surface area contributed by atoms with Crippen molar-refractivity contribution in [2.24, 2.45) is 5.92 Å². The van der Waals surface area contributed by atoms with Gasteiger partial charge in [-0.1, -0.05) is 49.6 Å². The number of nitrogens with one attached hydrogen (secondary N) is 1. The van der Waals surface area contributed by atoms with E-state index in [9.17, 15) is 9.59 Å². The molecule has 4 rings (SSSR count). The van der Waals surface area contributed by atoms with E-state index in [0.29, 0.717) is 24.4 Å². The Hall–Kier alpha value is -3.08. The highest BCUT2D eigenvalue weighted by Gasteiger charge is 2.26. The van der Waals surface area contributed by atoms with Gasteiger partial charge in [-0.15, -0.1) is 0 Å². The summed E-state index contributed by atoms with van der Waals surface area (Å²) in [5.74, 6) is 0.964. The van der Waals surface area contributed by atoms with E-state index >= 15 is 0 Å². The minimum atomic E-state index is -0.151. The highest BCUT2D eigenvalue weighted by atomic mass is 16.5.